The van der Waals surface area contributed by atoms with E-state index in [4.69, 9.17) is 11.6 Å². The second-order valence-electron chi connectivity index (χ2n) is 7.62. The second kappa shape index (κ2) is 9.39. The molecule has 6 heteroatoms. The Morgan fingerprint density at radius 2 is 2.04 bits per heavy atom. The average Bonchev–Trinajstić information content (AvgIpc) is 2.90. The molecule has 0 radical (unpaired) electrons. The summed E-state index contributed by atoms with van der Waals surface area (Å²) in [4.78, 5) is 26.5. The van der Waals surface area contributed by atoms with E-state index in [0.29, 0.717) is 11.4 Å². The van der Waals surface area contributed by atoms with Crippen molar-refractivity contribution in [3.63, 3.8) is 0 Å². The molecule has 0 saturated carbocycles. The standard InChI is InChI=1S/C22H27ClN2O3/c1-25-14-16-6-4-2-3-5-7-18(16)20(25)13-21(26)24-19(22(27)28)12-15-8-10-17(23)11-9-15/h2,4,8-11,19-20H,3,5-7,12-14H2,1H3,(H,24,26)(H,27,28)/b4-2-. The third-order valence-corrected chi connectivity index (χ3v) is 5.79. The highest BCUT2D eigenvalue weighted by Gasteiger charge is 2.32. The first-order valence-electron chi connectivity index (χ1n) is 9.76. The maximum Gasteiger partial charge on any atom is 0.326 e. The van der Waals surface area contributed by atoms with Gasteiger partial charge < -0.3 is 10.4 Å². The summed E-state index contributed by atoms with van der Waals surface area (Å²) in [7, 11) is 2.04. The van der Waals surface area contributed by atoms with Gasteiger partial charge in [-0.1, -0.05) is 47.0 Å². The molecule has 0 bridgehead atoms. The third kappa shape index (κ3) is 5.24. The molecule has 2 unspecified atom stereocenters. The number of rotatable bonds is 6. The number of carboxylic acids is 1. The van der Waals surface area contributed by atoms with Crippen LogP contribution in [0.2, 0.25) is 5.02 Å². The minimum Gasteiger partial charge on any atom is -0.480 e. The summed E-state index contributed by atoms with van der Waals surface area (Å²) >= 11 is 5.88. The summed E-state index contributed by atoms with van der Waals surface area (Å²) in [5, 5.41) is 12.9. The Kier molecular flexibility index (Phi) is 6.92. The molecule has 2 atom stereocenters. The zero-order valence-electron chi connectivity index (χ0n) is 16.2. The van der Waals surface area contributed by atoms with Crippen molar-refractivity contribution in [2.24, 2.45) is 0 Å². The number of carboxylic acid groups (broad SMARTS) is 1. The molecule has 1 aliphatic carbocycles. The predicted octanol–water partition coefficient (Wildman–Crippen LogP) is 3.58. The zero-order valence-corrected chi connectivity index (χ0v) is 16.9. The van der Waals surface area contributed by atoms with Gasteiger partial charge in [0.25, 0.3) is 0 Å². The molecule has 1 aromatic carbocycles. The number of hydrogen-bond acceptors (Lipinski definition) is 3. The van der Waals surface area contributed by atoms with Gasteiger partial charge in [0, 0.05) is 30.5 Å². The van der Waals surface area contributed by atoms with Crippen molar-refractivity contribution in [1.29, 1.82) is 0 Å². The number of nitrogens with one attached hydrogen (secondary N) is 1. The average molecular weight is 403 g/mol. The van der Waals surface area contributed by atoms with Crippen LogP contribution in [0.1, 0.15) is 37.7 Å². The van der Waals surface area contributed by atoms with Gasteiger partial charge >= 0.3 is 5.97 Å². The van der Waals surface area contributed by atoms with Crippen molar-refractivity contribution in [3.8, 4) is 0 Å². The molecular weight excluding hydrogens is 376 g/mol. The topological polar surface area (TPSA) is 69.6 Å². The maximum atomic E-state index is 12.7. The molecule has 1 aromatic rings. The molecule has 0 saturated heterocycles. The van der Waals surface area contributed by atoms with Crippen LogP contribution in [0.25, 0.3) is 0 Å². The van der Waals surface area contributed by atoms with Gasteiger partial charge in [-0.3, -0.25) is 9.69 Å². The van der Waals surface area contributed by atoms with Gasteiger partial charge in [0.2, 0.25) is 5.91 Å². The van der Waals surface area contributed by atoms with E-state index in [1.165, 1.54) is 11.1 Å². The number of carbonyl (C=O) groups is 2. The van der Waals surface area contributed by atoms with Crippen LogP contribution in [0, 0.1) is 0 Å². The second-order valence-corrected chi connectivity index (χ2v) is 8.06. The fraction of sp³-hybridized carbons (Fsp3) is 0.455. The van der Waals surface area contributed by atoms with Crippen LogP contribution in [0.4, 0.5) is 0 Å². The highest BCUT2D eigenvalue weighted by molar-refractivity contribution is 6.30. The van der Waals surface area contributed by atoms with Gasteiger partial charge in [-0.25, -0.2) is 4.79 Å². The Bertz CT molecular complexity index is 785. The molecule has 0 fully saturated rings. The van der Waals surface area contributed by atoms with Crippen LogP contribution in [0.5, 0.6) is 0 Å². The molecule has 3 rings (SSSR count). The van der Waals surface area contributed by atoms with Gasteiger partial charge in [-0.05, 0) is 50.4 Å². The van der Waals surface area contributed by atoms with E-state index in [1.807, 2.05) is 7.05 Å². The molecule has 0 aromatic heterocycles. The lowest BCUT2D eigenvalue weighted by molar-refractivity contribution is -0.141. The first kappa shape index (κ1) is 20.6. The number of allylic oxidation sites excluding steroid dienone is 2. The lowest BCUT2D eigenvalue weighted by Crippen LogP contribution is -2.44. The molecule has 0 spiro atoms. The predicted molar refractivity (Wildman–Crippen MR) is 110 cm³/mol. The maximum absolute atomic E-state index is 12.7. The molecule has 1 heterocycles. The minimum absolute atomic E-state index is 0.0616. The van der Waals surface area contributed by atoms with Crippen molar-refractivity contribution in [1.82, 2.24) is 10.2 Å². The zero-order chi connectivity index (χ0) is 20.1. The summed E-state index contributed by atoms with van der Waals surface area (Å²) in [6.45, 7) is 0.880. The molecule has 1 aliphatic heterocycles. The smallest absolute Gasteiger partial charge is 0.326 e. The molecule has 2 aliphatic rings. The Labute approximate surface area is 171 Å². The number of benzene rings is 1. The fourth-order valence-corrected chi connectivity index (χ4v) is 4.20. The summed E-state index contributed by atoms with van der Waals surface area (Å²) in [6.07, 6.45) is 9.11. The van der Waals surface area contributed by atoms with Crippen molar-refractivity contribution in [2.45, 2.75) is 50.6 Å². The van der Waals surface area contributed by atoms with Crippen molar-refractivity contribution in [2.75, 3.05) is 13.6 Å². The van der Waals surface area contributed by atoms with Gasteiger partial charge in [-0.15, -0.1) is 0 Å². The van der Waals surface area contributed by atoms with E-state index in [-0.39, 0.29) is 18.4 Å². The van der Waals surface area contributed by atoms with Crippen LogP contribution in [-0.2, 0) is 16.0 Å². The fourth-order valence-electron chi connectivity index (χ4n) is 4.07. The summed E-state index contributed by atoms with van der Waals surface area (Å²) in [5.41, 5.74) is 3.60. The molecule has 150 valence electrons. The van der Waals surface area contributed by atoms with Crippen molar-refractivity contribution >= 4 is 23.5 Å². The first-order valence-corrected chi connectivity index (χ1v) is 10.1. The SMILES string of the molecule is CN1CC2=C(CCC/C=C\C2)C1CC(=O)NC(Cc1ccc(Cl)cc1)C(=O)O. The largest absolute Gasteiger partial charge is 0.480 e. The van der Waals surface area contributed by atoms with E-state index >= 15 is 0 Å². The number of amides is 1. The Balaban J connectivity index is 1.64. The Morgan fingerprint density at radius 1 is 1.29 bits per heavy atom. The number of halogens is 1. The van der Waals surface area contributed by atoms with Crippen LogP contribution >= 0.6 is 11.6 Å². The lowest BCUT2D eigenvalue weighted by Gasteiger charge is -2.24. The summed E-state index contributed by atoms with van der Waals surface area (Å²) in [5.74, 6) is -1.25. The number of carbonyl (C=O) groups excluding carboxylic acids is 1. The van der Waals surface area contributed by atoms with E-state index in [0.717, 1.165) is 37.8 Å². The number of likely N-dealkylation sites (N-methyl/N-ethyl adjacent to an activating group) is 1. The monoisotopic (exact) mass is 402 g/mol. The van der Waals surface area contributed by atoms with Gasteiger partial charge in [0.05, 0.1) is 0 Å². The quantitative estimate of drug-likeness (QED) is 0.713. The molecule has 1 amide bonds. The van der Waals surface area contributed by atoms with Crippen molar-refractivity contribution < 1.29 is 14.7 Å². The van der Waals surface area contributed by atoms with E-state index in [1.54, 1.807) is 24.3 Å². The van der Waals surface area contributed by atoms with Gasteiger partial charge in [0.15, 0.2) is 0 Å². The minimum atomic E-state index is -1.03. The van der Waals surface area contributed by atoms with Crippen LogP contribution < -0.4 is 5.32 Å². The van der Waals surface area contributed by atoms with Crippen LogP contribution in [-0.4, -0.2) is 47.6 Å². The first-order chi connectivity index (χ1) is 13.4. The van der Waals surface area contributed by atoms with Crippen LogP contribution in [0.3, 0.4) is 0 Å². The van der Waals surface area contributed by atoms with Gasteiger partial charge in [0.1, 0.15) is 6.04 Å². The highest BCUT2D eigenvalue weighted by atomic mass is 35.5. The normalized spacial score (nSPS) is 22.1. The Morgan fingerprint density at radius 3 is 2.75 bits per heavy atom. The Hall–Kier alpha value is -2.11. The lowest BCUT2D eigenvalue weighted by atomic mass is 9.93. The van der Waals surface area contributed by atoms with E-state index in [2.05, 4.69) is 22.4 Å². The molecule has 2 N–H and O–H groups in total. The number of hydrogen-bond donors (Lipinski definition) is 2. The summed E-state index contributed by atoms with van der Waals surface area (Å²) in [6, 6.07) is 6.13. The third-order valence-electron chi connectivity index (χ3n) is 5.54. The number of aliphatic carboxylic acids is 1. The molecular formula is C22H27ClN2O3. The summed E-state index contributed by atoms with van der Waals surface area (Å²) < 4.78 is 0. The van der Waals surface area contributed by atoms with Crippen LogP contribution in [0.15, 0.2) is 47.6 Å². The van der Waals surface area contributed by atoms with Gasteiger partial charge in [-0.2, -0.15) is 0 Å². The van der Waals surface area contributed by atoms with Crippen molar-refractivity contribution in [3.05, 3.63) is 58.1 Å². The van der Waals surface area contributed by atoms with E-state index < -0.39 is 12.0 Å². The molecule has 5 nitrogen and oxygen atoms in total. The number of nitrogens with zero attached hydrogens (tertiary/aromatic N) is 1. The highest BCUT2D eigenvalue weighted by Crippen LogP contribution is 2.32. The molecule has 28 heavy (non-hydrogen) atoms. The van der Waals surface area contributed by atoms with E-state index in [9.17, 15) is 14.7 Å².